The molecule has 26 heavy (non-hydrogen) atoms. The highest BCUT2D eigenvalue weighted by atomic mass is 16.5. The Hall–Kier alpha value is -3.13. The second-order valence-corrected chi connectivity index (χ2v) is 6.53. The van der Waals surface area contributed by atoms with Crippen LogP contribution < -0.4 is 10.1 Å². The highest BCUT2D eigenvalue weighted by Gasteiger charge is 2.29. The number of rotatable bonds is 7. The number of ketones is 1. The van der Waals surface area contributed by atoms with Crippen molar-refractivity contribution in [2.45, 2.75) is 26.3 Å². The Morgan fingerprint density at radius 1 is 1.08 bits per heavy atom. The fourth-order valence-corrected chi connectivity index (χ4v) is 2.23. The molecule has 1 amide bonds. The van der Waals surface area contributed by atoms with Crippen molar-refractivity contribution in [1.29, 1.82) is 5.26 Å². The first-order chi connectivity index (χ1) is 12.4. The lowest BCUT2D eigenvalue weighted by molar-refractivity contribution is -0.124. The third kappa shape index (κ3) is 4.70. The summed E-state index contributed by atoms with van der Waals surface area (Å²) in [4.78, 5) is 24.4. The number of ether oxygens (including phenoxy) is 1. The van der Waals surface area contributed by atoms with Gasteiger partial charge in [0.15, 0.2) is 12.4 Å². The molecular weight excluding hydrogens is 328 g/mol. The van der Waals surface area contributed by atoms with E-state index in [2.05, 4.69) is 11.4 Å². The Bertz CT molecular complexity index is 807. The van der Waals surface area contributed by atoms with Gasteiger partial charge in [-0.05, 0) is 37.1 Å². The van der Waals surface area contributed by atoms with E-state index in [-0.39, 0.29) is 24.2 Å². The topological polar surface area (TPSA) is 79.2 Å². The summed E-state index contributed by atoms with van der Waals surface area (Å²) in [5, 5.41) is 11.9. The van der Waals surface area contributed by atoms with Crippen LogP contribution in [0.1, 0.15) is 36.7 Å². The minimum atomic E-state index is -0.938. The predicted octanol–water partition coefficient (Wildman–Crippen LogP) is 3.35. The average Bonchev–Trinajstić information content (AvgIpc) is 2.66. The molecular formula is C21H22N2O3. The summed E-state index contributed by atoms with van der Waals surface area (Å²) in [5.41, 5.74) is 0.224. The van der Waals surface area contributed by atoms with Crippen LogP contribution in [-0.4, -0.2) is 23.8 Å². The highest BCUT2D eigenvalue weighted by Crippen LogP contribution is 2.17. The standard InChI is InChI=1S/C21H22N2O3/c1-15(2)21(3,14-22)23-19(24)13-26-18-11-9-17(10-12-18)20(25)16-7-5-4-6-8-16/h4-12,15H,13H2,1-3H3,(H,23,24)/t21-/m0/s1. The molecule has 2 aromatic carbocycles. The Kier molecular flexibility index (Phi) is 6.13. The zero-order chi connectivity index (χ0) is 19.2. The van der Waals surface area contributed by atoms with E-state index in [1.165, 1.54) is 0 Å². The molecule has 1 atom stereocenters. The number of benzene rings is 2. The van der Waals surface area contributed by atoms with E-state index >= 15 is 0 Å². The number of carbonyl (C=O) groups excluding carboxylic acids is 2. The minimum Gasteiger partial charge on any atom is -0.484 e. The van der Waals surface area contributed by atoms with Gasteiger partial charge in [-0.25, -0.2) is 0 Å². The molecule has 2 rings (SSSR count). The van der Waals surface area contributed by atoms with Gasteiger partial charge in [0.05, 0.1) is 6.07 Å². The van der Waals surface area contributed by atoms with Crippen LogP contribution in [0.4, 0.5) is 0 Å². The number of amides is 1. The molecule has 0 aliphatic carbocycles. The zero-order valence-corrected chi connectivity index (χ0v) is 15.2. The van der Waals surface area contributed by atoms with Crippen molar-refractivity contribution in [3.8, 4) is 11.8 Å². The lowest BCUT2D eigenvalue weighted by Crippen LogP contribution is -2.50. The number of nitrogens with one attached hydrogen (secondary N) is 1. The van der Waals surface area contributed by atoms with Crippen LogP contribution in [0.15, 0.2) is 54.6 Å². The predicted molar refractivity (Wildman–Crippen MR) is 98.8 cm³/mol. The van der Waals surface area contributed by atoms with Gasteiger partial charge >= 0.3 is 0 Å². The molecule has 0 saturated carbocycles. The fraction of sp³-hybridized carbons (Fsp3) is 0.286. The largest absolute Gasteiger partial charge is 0.484 e. The van der Waals surface area contributed by atoms with Gasteiger partial charge in [0.2, 0.25) is 0 Å². The number of hydrogen-bond acceptors (Lipinski definition) is 4. The van der Waals surface area contributed by atoms with E-state index in [9.17, 15) is 14.9 Å². The van der Waals surface area contributed by atoms with Crippen molar-refractivity contribution in [3.63, 3.8) is 0 Å². The number of hydrogen-bond donors (Lipinski definition) is 1. The van der Waals surface area contributed by atoms with Crippen molar-refractivity contribution < 1.29 is 14.3 Å². The molecule has 0 aliphatic rings. The monoisotopic (exact) mass is 350 g/mol. The minimum absolute atomic E-state index is 0.0280. The number of carbonyl (C=O) groups is 2. The summed E-state index contributed by atoms with van der Waals surface area (Å²) < 4.78 is 5.45. The van der Waals surface area contributed by atoms with Gasteiger partial charge in [-0.2, -0.15) is 5.26 Å². The lowest BCUT2D eigenvalue weighted by Gasteiger charge is -2.27. The molecule has 2 aromatic rings. The number of nitriles is 1. The molecule has 0 spiro atoms. The summed E-state index contributed by atoms with van der Waals surface area (Å²) in [7, 11) is 0. The van der Waals surface area contributed by atoms with Crippen LogP contribution in [0.5, 0.6) is 5.75 Å². The molecule has 5 nitrogen and oxygen atoms in total. The first kappa shape index (κ1) is 19.2. The van der Waals surface area contributed by atoms with E-state index in [1.54, 1.807) is 43.3 Å². The molecule has 0 saturated heterocycles. The normalized spacial score (nSPS) is 12.7. The molecule has 1 N–H and O–H groups in total. The van der Waals surface area contributed by atoms with Crippen LogP contribution in [0.25, 0.3) is 0 Å². The number of nitrogens with zero attached hydrogens (tertiary/aromatic N) is 1. The van der Waals surface area contributed by atoms with Gasteiger partial charge in [0.25, 0.3) is 5.91 Å². The quantitative estimate of drug-likeness (QED) is 0.777. The van der Waals surface area contributed by atoms with Crippen LogP contribution in [0, 0.1) is 17.2 Å². The maximum atomic E-state index is 12.3. The average molecular weight is 350 g/mol. The van der Waals surface area contributed by atoms with Gasteiger partial charge in [0, 0.05) is 11.1 Å². The van der Waals surface area contributed by atoms with Crippen molar-refractivity contribution in [1.82, 2.24) is 5.32 Å². The van der Waals surface area contributed by atoms with Crippen LogP contribution in [0.3, 0.4) is 0 Å². The second kappa shape index (κ2) is 8.30. The Labute approximate surface area is 153 Å². The molecule has 134 valence electrons. The van der Waals surface area contributed by atoms with Gasteiger partial charge < -0.3 is 10.1 Å². The Morgan fingerprint density at radius 2 is 1.65 bits per heavy atom. The SMILES string of the molecule is CC(C)[C@](C)(C#N)NC(=O)COc1ccc(C(=O)c2ccccc2)cc1. The summed E-state index contributed by atoms with van der Waals surface area (Å²) in [6.45, 7) is 5.22. The summed E-state index contributed by atoms with van der Waals surface area (Å²) in [6.07, 6.45) is 0. The highest BCUT2D eigenvalue weighted by molar-refractivity contribution is 6.08. The van der Waals surface area contributed by atoms with E-state index in [1.807, 2.05) is 32.0 Å². The third-order valence-corrected chi connectivity index (χ3v) is 4.31. The maximum absolute atomic E-state index is 12.3. The maximum Gasteiger partial charge on any atom is 0.259 e. The van der Waals surface area contributed by atoms with Crippen molar-refractivity contribution >= 4 is 11.7 Å². The van der Waals surface area contributed by atoms with Gasteiger partial charge in [-0.15, -0.1) is 0 Å². The van der Waals surface area contributed by atoms with Crippen molar-refractivity contribution in [2.75, 3.05) is 6.61 Å². The third-order valence-electron chi connectivity index (χ3n) is 4.31. The van der Waals surface area contributed by atoms with Crippen molar-refractivity contribution in [2.24, 2.45) is 5.92 Å². The first-order valence-electron chi connectivity index (χ1n) is 8.40. The van der Waals surface area contributed by atoms with Gasteiger partial charge in [0.1, 0.15) is 11.3 Å². The summed E-state index contributed by atoms with van der Waals surface area (Å²) in [5.74, 6) is 0.0107. The first-order valence-corrected chi connectivity index (χ1v) is 8.40. The molecule has 0 aromatic heterocycles. The van der Waals surface area contributed by atoms with Crippen molar-refractivity contribution in [3.05, 3.63) is 65.7 Å². The molecule has 0 fully saturated rings. The molecule has 0 heterocycles. The Morgan fingerprint density at radius 3 is 2.19 bits per heavy atom. The summed E-state index contributed by atoms with van der Waals surface area (Å²) >= 11 is 0. The van der Waals surface area contributed by atoms with E-state index < -0.39 is 5.54 Å². The Balaban J connectivity index is 1.95. The molecule has 0 unspecified atom stereocenters. The zero-order valence-electron chi connectivity index (χ0n) is 15.2. The van der Waals surface area contributed by atoms with Crippen LogP contribution >= 0.6 is 0 Å². The van der Waals surface area contributed by atoms with E-state index in [0.29, 0.717) is 16.9 Å². The van der Waals surface area contributed by atoms with Crippen LogP contribution in [-0.2, 0) is 4.79 Å². The summed E-state index contributed by atoms with van der Waals surface area (Å²) in [6, 6.07) is 17.7. The fourth-order valence-electron chi connectivity index (χ4n) is 2.23. The molecule has 0 radical (unpaired) electrons. The van der Waals surface area contributed by atoms with Gasteiger partial charge in [-0.1, -0.05) is 44.2 Å². The lowest BCUT2D eigenvalue weighted by atomic mass is 9.90. The van der Waals surface area contributed by atoms with Crippen LogP contribution in [0.2, 0.25) is 0 Å². The van der Waals surface area contributed by atoms with E-state index in [0.717, 1.165) is 0 Å². The van der Waals surface area contributed by atoms with E-state index in [4.69, 9.17) is 4.74 Å². The second-order valence-electron chi connectivity index (χ2n) is 6.53. The molecule has 0 bridgehead atoms. The van der Waals surface area contributed by atoms with Gasteiger partial charge in [-0.3, -0.25) is 9.59 Å². The molecule has 0 aliphatic heterocycles. The molecule has 5 heteroatoms. The smallest absolute Gasteiger partial charge is 0.259 e.